The molecular formula is C22H28ClN9O. The number of rotatable bonds is 6. The zero-order valence-electron chi connectivity index (χ0n) is 18.4. The van der Waals surface area contributed by atoms with Crippen LogP contribution in [-0.4, -0.2) is 62.8 Å². The molecule has 3 atom stereocenters. The third kappa shape index (κ3) is 4.89. The van der Waals surface area contributed by atoms with Gasteiger partial charge in [0.1, 0.15) is 11.4 Å². The topological polar surface area (TPSA) is 124 Å². The number of likely N-dealkylation sites (tertiary alicyclic amines) is 1. The van der Waals surface area contributed by atoms with Gasteiger partial charge in [0.25, 0.3) is 0 Å². The predicted octanol–water partition coefficient (Wildman–Crippen LogP) is 2.56. The standard InChI is InChI=1S/C22H28ClN9O/c23-19-10-26-22(29-17-8-27-32(13-17)18-2-1-5-25-9-18)30-21(19)28-16-6-14-11-31(12-15(14)7-16)20(33)3-4-24/h8,10,13-16,18,25H,1-3,5-7,9,11-12H2,(H2,26,28,29,30). The van der Waals surface area contributed by atoms with Crippen molar-refractivity contribution >= 4 is 35.0 Å². The fourth-order valence-corrected chi connectivity index (χ4v) is 5.46. The third-order valence-electron chi connectivity index (χ3n) is 6.92. The molecule has 174 valence electrons. The molecule has 0 radical (unpaired) electrons. The lowest BCUT2D eigenvalue weighted by Crippen LogP contribution is -2.31. The summed E-state index contributed by atoms with van der Waals surface area (Å²) in [6.07, 6.45) is 9.51. The molecule has 3 N–H and O–H groups in total. The van der Waals surface area contributed by atoms with Gasteiger partial charge < -0.3 is 20.9 Å². The van der Waals surface area contributed by atoms with Gasteiger partial charge >= 0.3 is 0 Å². The number of hydrogen-bond acceptors (Lipinski definition) is 8. The van der Waals surface area contributed by atoms with Gasteiger partial charge in [-0.2, -0.15) is 15.3 Å². The van der Waals surface area contributed by atoms with E-state index in [4.69, 9.17) is 16.9 Å². The number of amides is 1. The Bertz CT molecular complexity index is 1030. The second-order valence-corrected chi connectivity index (χ2v) is 9.60. The Morgan fingerprint density at radius 2 is 2.12 bits per heavy atom. The summed E-state index contributed by atoms with van der Waals surface area (Å²) in [5.74, 6) is 1.91. The number of carbonyl (C=O) groups excluding carboxylic acids is 1. The number of nitrogens with one attached hydrogen (secondary N) is 3. The molecule has 3 unspecified atom stereocenters. The van der Waals surface area contributed by atoms with Crippen molar-refractivity contribution in [3.05, 3.63) is 23.6 Å². The Kier molecular flexibility index (Phi) is 6.33. The highest BCUT2D eigenvalue weighted by molar-refractivity contribution is 6.32. The van der Waals surface area contributed by atoms with Crippen molar-refractivity contribution in [3.8, 4) is 6.07 Å². The van der Waals surface area contributed by atoms with E-state index in [1.165, 1.54) is 0 Å². The van der Waals surface area contributed by atoms with Crippen LogP contribution in [-0.2, 0) is 4.79 Å². The molecule has 2 aromatic heterocycles. The van der Waals surface area contributed by atoms with E-state index in [2.05, 4.69) is 31.0 Å². The summed E-state index contributed by atoms with van der Waals surface area (Å²) in [5, 5.41) is 23.9. The number of carbonyl (C=O) groups is 1. The molecule has 3 aliphatic rings. The first kappa shape index (κ1) is 21.9. The minimum atomic E-state index is -0.0611. The van der Waals surface area contributed by atoms with Crippen LogP contribution in [0.15, 0.2) is 18.6 Å². The van der Waals surface area contributed by atoms with Gasteiger partial charge in [-0.25, -0.2) is 4.98 Å². The lowest BCUT2D eigenvalue weighted by molar-refractivity contribution is -0.129. The fraction of sp³-hybridized carbons (Fsp3) is 0.591. The van der Waals surface area contributed by atoms with Crippen LogP contribution in [0.4, 0.5) is 17.5 Å². The zero-order valence-corrected chi connectivity index (χ0v) is 19.1. The van der Waals surface area contributed by atoms with Crippen LogP contribution in [0.2, 0.25) is 5.02 Å². The van der Waals surface area contributed by atoms with E-state index in [-0.39, 0.29) is 18.4 Å². The lowest BCUT2D eigenvalue weighted by atomic mass is 10.0. The molecule has 1 saturated carbocycles. The predicted molar refractivity (Wildman–Crippen MR) is 124 cm³/mol. The average molecular weight is 470 g/mol. The van der Waals surface area contributed by atoms with E-state index in [1.54, 1.807) is 12.4 Å². The second-order valence-electron chi connectivity index (χ2n) is 9.19. The Hall–Kier alpha value is -2.90. The Balaban J connectivity index is 1.19. The van der Waals surface area contributed by atoms with E-state index >= 15 is 0 Å². The van der Waals surface area contributed by atoms with E-state index in [0.29, 0.717) is 34.7 Å². The summed E-state index contributed by atoms with van der Waals surface area (Å²) in [6, 6.07) is 2.56. The van der Waals surface area contributed by atoms with Crippen molar-refractivity contribution in [2.24, 2.45) is 11.8 Å². The van der Waals surface area contributed by atoms with Crippen LogP contribution >= 0.6 is 11.6 Å². The summed E-state index contributed by atoms with van der Waals surface area (Å²) in [5.41, 5.74) is 0.839. The smallest absolute Gasteiger partial charge is 0.236 e. The zero-order chi connectivity index (χ0) is 22.8. The van der Waals surface area contributed by atoms with Crippen LogP contribution in [0.1, 0.15) is 38.1 Å². The minimum Gasteiger partial charge on any atom is -0.366 e. The number of hydrogen-bond donors (Lipinski definition) is 3. The summed E-state index contributed by atoms with van der Waals surface area (Å²) >= 11 is 6.38. The maximum atomic E-state index is 12.0. The van der Waals surface area contributed by atoms with Gasteiger partial charge in [-0.3, -0.25) is 9.48 Å². The fourth-order valence-electron chi connectivity index (χ4n) is 5.31. The Labute approximate surface area is 197 Å². The molecular weight excluding hydrogens is 442 g/mol. The van der Waals surface area contributed by atoms with Crippen LogP contribution in [0.25, 0.3) is 0 Å². The van der Waals surface area contributed by atoms with Crippen molar-refractivity contribution in [2.45, 2.75) is 44.2 Å². The summed E-state index contributed by atoms with van der Waals surface area (Å²) in [6.45, 7) is 3.46. The van der Waals surface area contributed by atoms with Crippen molar-refractivity contribution in [3.63, 3.8) is 0 Å². The molecule has 1 aliphatic carbocycles. The highest BCUT2D eigenvalue weighted by atomic mass is 35.5. The van der Waals surface area contributed by atoms with Crippen molar-refractivity contribution in [1.82, 2.24) is 30.0 Å². The van der Waals surface area contributed by atoms with Crippen LogP contribution in [0.3, 0.4) is 0 Å². The van der Waals surface area contributed by atoms with E-state index in [1.807, 2.05) is 21.8 Å². The monoisotopic (exact) mass is 469 g/mol. The van der Waals surface area contributed by atoms with Gasteiger partial charge in [0, 0.05) is 31.9 Å². The number of anilines is 3. The summed E-state index contributed by atoms with van der Waals surface area (Å²) in [7, 11) is 0. The van der Waals surface area contributed by atoms with E-state index in [0.717, 1.165) is 57.5 Å². The molecule has 33 heavy (non-hydrogen) atoms. The highest BCUT2D eigenvalue weighted by Gasteiger charge is 2.42. The molecule has 4 heterocycles. The van der Waals surface area contributed by atoms with Crippen molar-refractivity contribution in [1.29, 1.82) is 5.26 Å². The highest BCUT2D eigenvalue weighted by Crippen LogP contribution is 2.40. The maximum absolute atomic E-state index is 12.0. The Morgan fingerprint density at radius 3 is 2.85 bits per heavy atom. The van der Waals surface area contributed by atoms with Gasteiger partial charge in [-0.05, 0) is 44.1 Å². The quantitative estimate of drug-likeness (QED) is 0.589. The molecule has 5 rings (SSSR count). The second kappa shape index (κ2) is 9.53. The SMILES string of the molecule is N#CCC(=O)N1CC2CC(Nc3nc(Nc4cnn(C5CCCNC5)c4)ncc3Cl)CC2C1. The van der Waals surface area contributed by atoms with Gasteiger partial charge in [0.2, 0.25) is 11.9 Å². The molecule has 0 spiro atoms. The first-order chi connectivity index (χ1) is 16.1. The first-order valence-electron chi connectivity index (χ1n) is 11.5. The molecule has 2 saturated heterocycles. The molecule has 2 aliphatic heterocycles. The Morgan fingerprint density at radius 1 is 1.30 bits per heavy atom. The van der Waals surface area contributed by atoms with E-state index < -0.39 is 0 Å². The van der Waals surface area contributed by atoms with Crippen molar-refractivity contribution < 1.29 is 4.79 Å². The van der Waals surface area contributed by atoms with E-state index in [9.17, 15) is 4.79 Å². The largest absolute Gasteiger partial charge is 0.366 e. The number of halogens is 1. The lowest BCUT2D eigenvalue weighted by Gasteiger charge is -2.22. The molecule has 10 nitrogen and oxygen atoms in total. The molecule has 0 aromatic carbocycles. The number of piperidine rings is 1. The van der Waals surface area contributed by atoms with Gasteiger partial charge in [0.05, 0.1) is 30.2 Å². The number of nitriles is 1. The average Bonchev–Trinajstić information content (AvgIpc) is 3.52. The first-order valence-corrected chi connectivity index (χ1v) is 11.9. The van der Waals surface area contributed by atoms with Crippen LogP contribution in [0, 0.1) is 23.2 Å². The number of fused-ring (bicyclic) bond motifs is 1. The molecule has 1 amide bonds. The van der Waals surface area contributed by atoms with Crippen LogP contribution in [0.5, 0.6) is 0 Å². The summed E-state index contributed by atoms with van der Waals surface area (Å²) in [4.78, 5) is 22.8. The van der Waals surface area contributed by atoms with Crippen LogP contribution < -0.4 is 16.0 Å². The van der Waals surface area contributed by atoms with Gasteiger partial charge in [-0.15, -0.1) is 0 Å². The van der Waals surface area contributed by atoms with Crippen molar-refractivity contribution in [2.75, 3.05) is 36.8 Å². The third-order valence-corrected chi connectivity index (χ3v) is 7.20. The molecule has 2 aromatic rings. The summed E-state index contributed by atoms with van der Waals surface area (Å²) < 4.78 is 1.99. The van der Waals surface area contributed by atoms with Gasteiger partial charge in [0.15, 0.2) is 5.82 Å². The molecule has 3 fully saturated rings. The number of aromatic nitrogens is 4. The molecule has 11 heteroatoms. The van der Waals surface area contributed by atoms with Gasteiger partial charge in [-0.1, -0.05) is 11.6 Å². The normalized spacial score (nSPS) is 26.6. The maximum Gasteiger partial charge on any atom is 0.236 e. The minimum absolute atomic E-state index is 0.0378. The molecule has 0 bridgehead atoms. The number of nitrogens with zero attached hydrogens (tertiary/aromatic N) is 6.